The zero-order valence-corrected chi connectivity index (χ0v) is 11.9. The SMILES string of the molecule is CCOC(=O)c1nnn(Cc2cc(F)cc(F)c2)c1CCl. The molecule has 0 spiro atoms. The van der Waals surface area contributed by atoms with Crippen molar-refractivity contribution in [1.29, 1.82) is 0 Å². The average Bonchev–Trinajstić information content (AvgIpc) is 2.80. The van der Waals surface area contributed by atoms with Gasteiger partial charge >= 0.3 is 5.97 Å². The third-order valence-corrected chi connectivity index (χ3v) is 2.94. The van der Waals surface area contributed by atoms with E-state index in [-0.39, 0.29) is 24.7 Å². The maximum atomic E-state index is 13.2. The number of carbonyl (C=O) groups is 1. The molecule has 2 rings (SSSR count). The van der Waals surface area contributed by atoms with Crippen LogP contribution < -0.4 is 0 Å². The zero-order valence-electron chi connectivity index (χ0n) is 11.1. The Morgan fingerprint density at radius 2 is 2.00 bits per heavy atom. The topological polar surface area (TPSA) is 57.0 Å². The number of halogens is 3. The summed E-state index contributed by atoms with van der Waals surface area (Å²) in [5.41, 5.74) is 0.683. The molecule has 0 atom stereocenters. The largest absolute Gasteiger partial charge is 0.461 e. The van der Waals surface area contributed by atoms with Crippen molar-refractivity contribution in [2.24, 2.45) is 0 Å². The van der Waals surface area contributed by atoms with Crippen molar-refractivity contribution >= 4 is 17.6 Å². The second kappa shape index (κ2) is 6.62. The molecular formula is C13H12ClF2N3O2. The molecule has 0 fully saturated rings. The number of esters is 1. The molecule has 0 saturated carbocycles. The molecule has 21 heavy (non-hydrogen) atoms. The van der Waals surface area contributed by atoms with E-state index in [9.17, 15) is 13.6 Å². The van der Waals surface area contributed by atoms with Gasteiger partial charge in [-0.2, -0.15) is 0 Å². The van der Waals surface area contributed by atoms with E-state index < -0.39 is 17.6 Å². The molecule has 112 valence electrons. The van der Waals surface area contributed by atoms with Gasteiger partial charge in [0, 0.05) is 6.07 Å². The van der Waals surface area contributed by atoms with Gasteiger partial charge in [0.05, 0.1) is 24.7 Å². The molecule has 2 aromatic rings. The highest BCUT2D eigenvalue weighted by atomic mass is 35.5. The van der Waals surface area contributed by atoms with Crippen LogP contribution in [-0.4, -0.2) is 27.6 Å². The molecule has 1 aromatic heterocycles. The van der Waals surface area contributed by atoms with Crippen molar-refractivity contribution in [3.8, 4) is 0 Å². The van der Waals surface area contributed by atoms with Crippen LogP contribution in [0, 0.1) is 11.6 Å². The Morgan fingerprint density at radius 3 is 2.57 bits per heavy atom. The fourth-order valence-electron chi connectivity index (χ4n) is 1.83. The summed E-state index contributed by atoms with van der Waals surface area (Å²) < 4.78 is 32.5. The highest BCUT2D eigenvalue weighted by Crippen LogP contribution is 2.14. The van der Waals surface area contributed by atoms with Crippen molar-refractivity contribution in [3.05, 3.63) is 46.8 Å². The third-order valence-electron chi connectivity index (χ3n) is 2.69. The molecule has 0 bridgehead atoms. The Labute approximate surface area is 124 Å². The molecule has 0 saturated heterocycles. The Bertz CT molecular complexity index is 641. The average molecular weight is 316 g/mol. The molecule has 0 amide bonds. The molecule has 1 heterocycles. The first-order chi connectivity index (χ1) is 10.0. The van der Waals surface area contributed by atoms with Crippen LogP contribution in [0.1, 0.15) is 28.7 Å². The van der Waals surface area contributed by atoms with Crippen LogP contribution in [0.2, 0.25) is 0 Å². The summed E-state index contributed by atoms with van der Waals surface area (Å²) in [6.45, 7) is 1.91. The normalized spacial score (nSPS) is 10.7. The minimum atomic E-state index is -0.692. The molecule has 0 aliphatic rings. The molecular weight excluding hydrogens is 304 g/mol. The van der Waals surface area contributed by atoms with E-state index in [1.54, 1.807) is 6.92 Å². The summed E-state index contributed by atoms with van der Waals surface area (Å²) in [4.78, 5) is 11.7. The summed E-state index contributed by atoms with van der Waals surface area (Å²) in [5.74, 6) is -2.05. The number of nitrogens with zero attached hydrogens (tertiary/aromatic N) is 3. The van der Waals surface area contributed by atoms with Crippen LogP contribution in [0.3, 0.4) is 0 Å². The summed E-state index contributed by atoms with van der Waals surface area (Å²) in [6, 6.07) is 3.12. The number of hydrogen-bond donors (Lipinski definition) is 0. The number of aromatic nitrogens is 3. The molecule has 5 nitrogen and oxygen atoms in total. The van der Waals surface area contributed by atoms with Crippen molar-refractivity contribution in [3.63, 3.8) is 0 Å². The van der Waals surface area contributed by atoms with Gasteiger partial charge in [0.2, 0.25) is 0 Å². The van der Waals surface area contributed by atoms with Gasteiger partial charge in [-0.25, -0.2) is 18.3 Å². The summed E-state index contributed by atoms with van der Waals surface area (Å²) in [5, 5.41) is 7.49. The Morgan fingerprint density at radius 1 is 1.33 bits per heavy atom. The van der Waals surface area contributed by atoms with Gasteiger partial charge in [0.25, 0.3) is 0 Å². The maximum Gasteiger partial charge on any atom is 0.360 e. The fourth-order valence-corrected chi connectivity index (χ4v) is 2.09. The van der Waals surface area contributed by atoms with E-state index in [1.165, 1.54) is 16.8 Å². The van der Waals surface area contributed by atoms with Gasteiger partial charge < -0.3 is 4.74 Å². The Kier molecular flexibility index (Phi) is 4.85. The van der Waals surface area contributed by atoms with E-state index >= 15 is 0 Å². The molecule has 1 aromatic carbocycles. The number of ether oxygens (including phenoxy) is 1. The lowest BCUT2D eigenvalue weighted by molar-refractivity contribution is 0.0518. The van der Waals surface area contributed by atoms with Gasteiger partial charge in [-0.05, 0) is 24.6 Å². The van der Waals surface area contributed by atoms with Crippen molar-refractivity contribution in [2.45, 2.75) is 19.3 Å². The zero-order chi connectivity index (χ0) is 15.4. The minimum Gasteiger partial charge on any atom is -0.461 e. The first kappa shape index (κ1) is 15.4. The van der Waals surface area contributed by atoms with Crippen LogP contribution in [0.15, 0.2) is 18.2 Å². The van der Waals surface area contributed by atoms with E-state index in [0.717, 1.165) is 6.07 Å². The van der Waals surface area contributed by atoms with E-state index in [4.69, 9.17) is 16.3 Å². The standard InChI is InChI=1S/C13H12ClF2N3O2/c1-2-21-13(20)12-11(6-14)19(18-17-12)7-8-3-9(15)5-10(16)4-8/h3-5H,2,6-7H2,1H3. The van der Waals surface area contributed by atoms with Gasteiger partial charge in [0.15, 0.2) is 5.69 Å². The third kappa shape index (κ3) is 3.55. The molecule has 0 aliphatic heterocycles. The molecule has 8 heteroatoms. The van der Waals surface area contributed by atoms with Crippen molar-refractivity contribution in [1.82, 2.24) is 15.0 Å². The molecule has 0 unspecified atom stereocenters. The highest BCUT2D eigenvalue weighted by Gasteiger charge is 2.20. The van der Waals surface area contributed by atoms with E-state index in [2.05, 4.69) is 10.3 Å². The van der Waals surface area contributed by atoms with Crippen molar-refractivity contribution < 1.29 is 18.3 Å². The number of carbonyl (C=O) groups excluding carboxylic acids is 1. The summed E-state index contributed by atoms with van der Waals surface area (Å²) >= 11 is 5.79. The smallest absolute Gasteiger partial charge is 0.360 e. The van der Waals surface area contributed by atoms with E-state index in [0.29, 0.717) is 11.3 Å². The van der Waals surface area contributed by atoms with Crippen LogP contribution >= 0.6 is 11.6 Å². The lowest BCUT2D eigenvalue weighted by Crippen LogP contribution is -2.10. The molecule has 0 aliphatic carbocycles. The van der Waals surface area contributed by atoms with Crippen LogP contribution in [0.5, 0.6) is 0 Å². The van der Waals surface area contributed by atoms with E-state index in [1.807, 2.05) is 0 Å². The number of rotatable bonds is 5. The number of alkyl halides is 1. The van der Waals surface area contributed by atoms with Crippen molar-refractivity contribution in [2.75, 3.05) is 6.61 Å². The van der Waals surface area contributed by atoms with Gasteiger partial charge in [0.1, 0.15) is 11.6 Å². The monoisotopic (exact) mass is 315 g/mol. The predicted molar refractivity (Wildman–Crippen MR) is 71.0 cm³/mol. The maximum absolute atomic E-state index is 13.2. The Balaban J connectivity index is 2.30. The number of benzene rings is 1. The second-order valence-corrected chi connectivity index (χ2v) is 4.44. The first-order valence-corrected chi connectivity index (χ1v) is 6.69. The lowest BCUT2D eigenvalue weighted by atomic mass is 10.2. The van der Waals surface area contributed by atoms with Crippen LogP contribution in [0.4, 0.5) is 8.78 Å². The van der Waals surface area contributed by atoms with Gasteiger partial charge in [-0.1, -0.05) is 5.21 Å². The predicted octanol–water partition coefficient (Wildman–Crippen LogP) is 2.52. The lowest BCUT2D eigenvalue weighted by Gasteiger charge is -2.06. The van der Waals surface area contributed by atoms with Crippen LogP contribution in [0.25, 0.3) is 0 Å². The fraction of sp³-hybridized carbons (Fsp3) is 0.308. The minimum absolute atomic E-state index is 0.00345. The quantitative estimate of drug-likeness (QED) is 0.628. The highest BCUT2D eigenvalue weighted by molar-refractivity contribution is 6.17. The second-order valence-electron chi connectivity index (χ2n) is 4.17. The van der Waals surface area contributed by atoms with Crippen LogP contribution in [-0.2, 0) is 17.2 Å². The number of hydrogen-bond acceptors (Lipinski definition) is 4. The summed E-state index contributed by atoms with van der Waals surface area (Å²) in [7, 11) is 0. The molecule has 0 radical (unpaired) electrons. The van der Waals surface area contributed by atoms with Gasteiger partial charge in [-0.3, -0.25) is 0 Å². The first-order valence-electron chi connectivity index (χ1n) is 6.15. The van der Waals surface area contributed by atoms with Gasteiger partial charge in [-0.15, -0.1) is 16.7 Å². The summed E-state index contributed by atoms with van der Waals surface area (Å²) in [6.07, 6.45) is 0. The molecule has 0 N–H and O–H groups in total. The Hall–Kier alpha value is -2.02.